The molecule has 0 saturated carbocycles. The topological polar surface area (TPSA) is 80.1 Å². The average Bonchev–Trinajstić information content (AvgIpc) is 2.95. The molecule has 0 aliphatic rings. The van der Waals surface area contributed by atoms with Crippen LogP contribution in [-0.2, 0) is 6.54 Å². The fourth-order valence-corrected chi connectivity index (χ4v) is 3.21. The molecular weight excluding hydrogens is 404 g/mol. The van der Waals surface area contributed by atoms with E-state index in [2.05, 4.69) is 10.3 Å². The van der Waals surface area contributed by atoms with Gasteiger partial charge >= 0.3 is 0 Å². The van der Waals surface area contributed by atoms with Gasteiger partial charge in [-0.2, -0.15) is 0 Å². The van der Waals surface area contributed by atoms with E-state index in [1.54, 1.807) is 6.07 Å². The normalized spacial score (nSPS) is 10.8. The van der Waals surface area contributed by atoms with E-state index < -0.39 is 5.82 Å². The van der Waals surface area contributed by atoms with Crippen molar-refractivity contribution in [2.75, 3.05) is 5.73 Å². The third kappa shape index (κ3) is 4.40. The number of amides is 1. The highest BCUT2D eigenvalue weighted by atomic mass is 35.5. The number of benzene rings is 2. The number of aryl methyl sites for hydroxylation is 2. The lowest BCUT2D eigenvalue weighted by molar-refractivity contribution is 0.0945. The summed E-state index contributed by atoms with van der Waals surface area (Å²) in [4.78, 5) is 15.3. The van der Waals surface area contributed by atoms with Crippen LogP contribution in [0.5, 0.6) is 11.5 Å². The molecule has 8 heteroatoms. The van der Waals surface area contributed by atoms with Crippen LogP contribution < -0.4 is 15.8 Å². The number of nitrogens with one attached hydrogen (secondary N) is 2. The monoisotopic (exact) mass is 421 g/mol. The number of anilines is 1. The zero-order valence-corrected chi connectivity index (χ0v) is 16.7. The summed E-state index contributed by atoms with van der Waals surface area (Å²) < 4.78 is 20.5. The maximum Gasteiger partial charge on any atom is 0.268 e. The number of nitrogens with two attached hydrogens (primary N) is 1. The Morgan fingerprint density at radius 1 is 1.21 bits per heavy atom. The van der Waals surface area contributed by atoms with Crippen LogP contribution in [0.3, 0.4) is 0 Å². The van der Waals surface area contributed by atoms with Crippen molar-refractivity contribution in [2.45, 2.75) is 20.4 Å². The van der Waals surface area contributed by atoms with Crippen LogP contribution in [0.15, 0.2) is 36.4 Å². The van der Waals surface area contributed by atoms with Gasteiger partial charge in [0.05, 0.1) is 5.02 Å². The van der Waals surface area contributed by atoms with E-state index in [9.17, 15) is 9.18 Å². The molecule has 3 rings (SSSR count). The van der Waals surface area contributed by atoms with Crippen molar-refractivity contribution >= 4 is 34.8 Å². The van der Waals surface area contributed by atoms with Crippen LogP contribution in [0, 0.1) is 19.7 Å². The van der Waals surface area contributed by atoms with Crippen LogP contribution in [0.2, 0.25) is 10.0 Å². The molecule has 0 fully saturated rings. The van der Waals surface area contributed by atoms with Crippen molar-refractivity contribution in [1.29, 1.82) is 0 Å². The summed E-state index contributed by atoms with van der Waals surface area (Å²) in [5, 5.41) is 3.13. The maximum absolute atomic E-state index is 14.9. The second-order valence-electron chi connectivity index (χ2n) is 6.36. The molecule has 4 N–H and O–H groups in total. The van der Waals surface area contributed by atoms with Crippen LogP contribution in [-0.4, -0.2) is 10.9 Å². The smallest absolute Gasteiger partial charge is 0.268 e. The molecule has 146 valence electrons. The predicted octanol–water partition coefficient (Wildman–Crippen LogP) is 5.38. The van der Waals surface area contributed by atoms with E-state index >= 15 is 0 Å². The van der Waals surface area contributed by atoms with E-state index in [1.807, 2.05) is 19.9 Å². The molecule has 5 nitrogen and oxygen atoms in total. The lowest BCUT2D eigenvalue weighted by Gasteiger charge is -2.13. The van der Waals surface area contributed by atoms with E-state index in [0.717, 1.165) is 11.3 Å². The van der Waals surface area contributed by atoms with E-state index in [4.69, 9.17) is 33.7 Å². The fourth-order valence-electron chi connectivity index (χ4n) is 2.79. The molecule has 0 aliphatic heterocycles. The lowest BCUT2D eigenvalue weighted by Crippen LogP contribution is -2.24. The molecule has 1 heterocycles. The summed E-state index contributed by atoms with van der Waals surface area (Å²) in [5.41, 5.74) is 8.46. The van der Waals surface area contributed by atoms with Crippen molar-refractivity contribution < 1.29 is 13.9 Å². The Morgan fingerprint density at radius 3 is 2.61 bits per heavy atom. The highest BCUT2D eigenvalue weighted by Gasteiger charge is 2.17. The van der Waals surface area contributed by atoms with Gasteiger partial charge in [-0.25, -0.2) is 4.39 Å². The number of ether oxygens (including phenoxy) is 1. The minimum absolute atomic E-state index is 0.0343. The molecule has 0 spiro atoms. The number of rotatable bonds is 5. The fraction of sp³-hybridized carbons (Fsp3) is 0.150. The summed E-state index contributed by atoms with van der Waals surface area (Å²) in [6, 6.07) is 9.40. The van der Waals surface area contributed by atoms with Gasteiger partial charge in [0, 0.05) is 34.6 Å². The number of aromatic nitrogens is 1. The van der Waals surface area contributed by atoms with Gasteiger partial charge in [0.2, 0.25) is 0 Å². The highest BCUT2D eigenvalue weighted by molar-refractivity contribution is 6.32. The Kier molecular flexibility index (Phi) is 5.82. The van der Waals surface area contributed by atoms with E-state index in [1.165, 1.54) is 24.3 Å². The van der Waals surface area contributed by atoms with Gasteiger partial charge in [0.1, 0.15) is 11.4 Å². The molecule has 3 aromatic rings. The Balaban J connectivity index is 1.80. The Labute approximate surface area is 171 Å². The number of halogens is 3. The average molecular weight is 422 g/mol. The van der Waals surface area contributed by atoms with Crippen LogP contribution >= 0.6 is 23.2 Å². The molecule has 28 heavy (non-hydrogen) atoms. The first-order valence-corrected chi connectivity index (χ1v) is 9.15. The molecule has 1 aromatic heterocycles. The zero-order chi connectivity index (χ0) is 20.4. The zero-order valence-electron chi connectivity index (χ0n) is 15.2. The lowest BCUT2D eigenvalue weighted by atomic mass is 10.2. The third-order valence-electron chi connectivity index (χ3n) is 4.06. The molecule has 0 radical (unpaired) electrons. The van der Waals surface area contributed by atoms with Gasteiger partial charge in [0.15, 0.2) is 11.6 Å². The van der Waals surface area contributed by atoms with Gasteiger partial charge in [-0.05, 0) is 43.7 Å². The van der Waals surface area contributed by atoms with Gasteiger partial charge < -0.3 is 20.8 Å². The number of carbonyl (C=O) groups excluding carboxylic acids is 1. The second kappa shape index (κ2) is 8.12. The summed E-state index contributed by atoms with van der Waals surface area (Å²) in [7, 11) is 0. The quantitative estimate of drug-likeness (QED) is 0.483. The Morgan fingerprint density at radius 2 is 1.96 bits per heavy atom. The number of hydrogen-bond donors (Lipinski definition) is 3. The molecule has 0 unspecified atom stereocenters. The van der Waals surface area contributed by atoms with Crippen molar-refractivity contribution in [1.82, 2.24) is 10.3 Å². The van der Waals surface area contributed by atoms with Gasteiger partial charge in [-0.15, -0.1) is 0 Å². The third-order valence-corrected chi connectivity index (χ3v) is 4.57. The number of nitrogen functional groups attached to an aromatic ring is 1. The molecule has 2 aromatic carbocycles. The largest absolute Gasteiger partial charge is 0.453 e. The minimum Gasteiger partial charge on any atom is -0.453 e. The SMILES string of the molecule is Cc1cc(C)c(C(=O)NCc2ccc(Cl)c(Oc3cc(N)cc(Cl)c3)c2F)[nH]1. The number of carbonyl (C=O) groups is 1. The predicted molar refractivity (Wildman–Crippen MR) is 109 cm³/mol. The molecule has 0 atom stereocenters. The molecule has 0 saturated heterocycles. The van der Waals surface area contributed by atoms with Crippen molar-refractivity contribution in [2.24, 2.45) is 0 Å². The second-order valence-corrected chi connectivity index (χ2v) is 7.21. The maximum atomic E-state index is 14.9. The highest BCUT2D eigenvalue weighted by Crippen LogP contribution is 2.35. The Hall–Kier alpha value is -2.70. The van der Waals surface area contributed by atoms with Gasteiger partial charge in [-0.3, -0.25) is 4.79 Å². The summed E-state index contributed by atoms with van der Waals surface area (Å²) in [6.07, 6.45) is 0. The van der Waals surface area contributed by atoms with E-state index in [0.29, 0.717) is 16.4 Å². The number of H-pyrrole nitrogens is 1. The van der Waals surface area contributed by atoms with Crippen molar-refractivity contribution in [3.63, 3.8) is 0 Å². The Bertz CT molecular complexity index is 1030. The molecule has 1 amide bonds. The first-order chi connectivity index (χ1) is 13.2. The minimum atomic E-state index is -0.675. The molecule has 0 bridgehead atoms. The first kappa shape index (κ1) is 20.0. The van der Waals surface area contributed by atoms with Crippen LogP contribution in [0.25, 0.3) is 0 Å². The molecule has 0 aliphatic carbocycles. The number of hydrogen-bond acceptors (Lipinski definition) is 3. The van der Waals surface area contributed by atoms with Gasteiger partial charge in [0.25, 0.3) is 5.91 Å². The molecular formula is C20H18Cl2FN3O2. The van der Waals surface area contributed by atoms with Crippen LogP contribution in [0.1, 0.15) is 27.3 Å². The summed E-state index contributed by atoms with van der Waals surface area (Å²) >= 11 is 12.0. The summed E-state index contributed by atoms with van der Waals surface area (Å²) in [5.74, 6) is -0.915. The van der Waals surface area contributed by atoms with Crippen LogP contribution in [0.4, 0.5) is 10.1 Å². The first-order valence-electron chi connectivity index (χ1n) is 8.40. The van der Waals surface area contributed by atoms with Crippen molar-refractivity contribution in [3.05, 3.63) is 74.8 Å². The standard InChI is InChI=1S/C20H18Cl2FN3O2/c1-10-5-11(2)26-18(10)20(27)25-9-12-3-4-16(22)19(17(12)23)28-15-7-13(21)6-14(24)8-15/h3-8,26H,9,24H2,1-2H3,(H,25,27). The van der Waals surface area contributed by atoms with Gasteiger partial charge in [-0.1, -0.05) is 29.3 Å². The van der Waals surface area contributed by atoms with E-state index in [-0.39, 0.29) is 34.5 Å². The number of aromatic amines is 1. The van der Waals surface area contributed by atoms with Crippen molar-refractivity contribution in [3.8, 4) is 11.5 Å². The summed E-state index contributed by atoms with van der Waals surface area (Å²) in [6.45, 7) is 3.65.